The van der Waals surface area contributed by atoms with Crippen molar-refractivity contribution in [3.63, 3.8) is 0 Å². The summed E-state index contributed by atoms with van der Waals surface area (Å²) in [7, 11) is 0. The molecule has 0 aliphatic rings. The van der Waals surface area contributed by atoms with E-state index in [1.165, 1.54) is 0 Å². The minimum atomic E-state index is 0.602. The normalized spacial score (nSPS) is 11.4. The summed E-state index contributed by atoms with van der Waals surface area (Å²) in [5, 5.41) is 4.31. The van der Waals surface area contributed by atoms with E-state index in [0.29, 0.717) is 17.5 Å². The van der Waals surface area contributed by atoms with Crippen LogP contribution in [0.1, 0.15) is 0 Å². The largest absolute Gasteiger partial charge is 0.254 e. The molecule has 9 aromatic carbocycles. The lowest BCUT2D eigenvalue weighted by Crippen LogP contribution is -2.00. The Morgan fingerprint density at radius 2 is 0.513 bits per heavy atom. The standard InChI is InChI=1S/C69H43N7/c1-2-12-48(13-3-1)67-74-68(57-20-6-18-53(40-57)51-16-4-14-49(38-51)44-26-30-46(31-27-44)61-42-55-22-8-34-70-63(55)65-59(61)24-10-36-72-65)76-69(75-67)58-21-7-19-54(41-58)52-17-5-15-50(39-52)45-28-32-47(33-29-45)62-43-56-23-9-35-71-64(56)66-60(62)25-11-37-73-66/h1-43H. The van der Waals surface area contributed by atoms with E-state index in [9.17, 15) is 0 Å². The van der Waals surface area contributed by atoms with E-state index in [-0.39, 0.29) is 0 Å². The van der Waals surface area contributed by atoms with Gasteiger partial charge in [-0.25, -0.2) is 15.0 Å². The first-order valence-corrected chi connectivity index (χ1v) is 25.3. The Hall–Kier alpha value is -10.4. The molecule has 7 heteroatoms. The highest BCUT2D eigenvalue weighted by molar-refractivity contribution is 6.11. The van der Waals surface area contributed by atoms with E-state index >= 15 is 0 Å². The average molecular weight is 970 g/mol. The fraction of sp³-hybridized carbons (Fsp3) is 0. The van der Waals surface area contributed by atoms with Crippen molar-refractivity contribution in [1.29, 1.82) is 0 Å². The molecular formula is C69H43N7. The van der Waals surface area contributed by atoms with Crippen LogP contribution in [0, 0.1) is 0 Å². The molecule has 0 unspecified atom stereocenters. The molecule has 0 aliphatic carbocycles. The molecule has 7 nitrogen and oxygen atoms in total. The van der Waals surface area contributed by atoms with Crippen LogP contribution >= 0.6 is 0 Å². The first-order valence-electron chi connectivity index (χ1n) is 25.3. The highest BCUT2D eigenvalue weighted by Gasteiger charge is 2.17. The molecule has 0 spiro atoms. The van der Waals surface area contributed by atoms with Gasteiger partial charge in [0.2, 0.25) is 0 Å². The zero-order valence-corrected chi connectivity index (χ0v) is 41.0. The van der Waals surface area contributed by atoms with E-state index in [1.807, 2.05) is 79.4 Å². The Labute approximate surface area is 438 Å². The van der Waals surface area contributed by atoms with Gasteiger partial charge >= 0.3 is 0 Å². The SMILES string of the molecule is c1ccc(-c2nc(-c3cccc(-c4cccc(-c5ccc(-c6cc7cccnc7c7ncccc67)cc5)c4)c3)nc(-c3cccc(-c4cccc(-c5ccc(-c6cc7cccnc7c7ncccc67)cc5)c4)c3)n2)cc1. The van der Waals surface area contributed by atoms with Gasteiger partial charge in [-0.3, -0.25) is 19.9 Å². The predicted octanol–water partition coefficient (Wildman–Crippen LogP) is 17.1. The quantitative estimate of drug-likeness (QED) is 0.133. The third-order valence-corrected chi connectivity index (χ3v) is 14.3. The summed E-state index contributed by atoms with van der Waals surface area (Å²) in [5.41, 5.74) is 19.8. The highest BCUT2D eigenvalue weighted by atomic mass is 15.0. The third-order valence-electron chi connectivity index (χ3n) is 14.3. The number of hydrogen-bond acceptors (Lipinski definition) is 7. The molecule has 14 rings (SSSR count). The topological polar surface area (TPSA) is 90.2 Å². The van der Waals surface area contributed by atoms with Gasteiger partial charge < -0.3 is 0 Å². The molecule has 0 bridgehead atoms. The molecule has 0 N–H and O–H groups in total. The van der Waals surface area contributed by atoms with Crippen LogP contribution in [0.25, 0.3) is 145 Å². The molecule has 5 heterocycles. The van der Waals surface area contributed by atoms with E-state index in [2.05, 4.69) is 192 Å². The van der Waals surface area contributed by atoms with Crippen molar-refractivity contribution < 1.29 is 0 Å². The summed E-state index contributed by atoms with van der Waals surface area (Å²) in [6.45, 7) is 0. The minimum Gasteiger partial charge on any atom is -0.254 e. The van der Waals surface area contributed by atoms with Gasteiger partial charge in [0.25, 0.3) is 0 Å². The molecule has 0 saturated carbocycles. The zero-order valence-electron chi connectivity index (χ0n) is 41.0. The Kier molecular flexibility index (Phi) is 11.0. The molecule has 0 amide bonds. The van der Waals surface area contributed by atoms with Gasteiger partial charge in [0.15, 0.2) is 17.5 Å². The van der Waals surface area contributed by atoms with Crippen molar-refractivity contribution >= 4 is 43.6 Å². The van der Waals surface area contributed by atoms with Gasteiger partial charge in [-0.15, -0.1) is 0 Å². The minimum absolute atomic E-state index is 0.602. The van der Waals surface area contributed by atoms with E-state index < -0.39 is 0 Å². The summed E-state index contributed by atoms with van der Waals surface area (Å²) in [4.78, 5) is 34.2. The molecule has 0 atom stereocenters. The summed E-state index contributed by atoms with van der Waals surface area (Å²) in [5.74, 6) is 1.82. The molecule has 0 radical (unpaired) electrons. The Morgan fingerprint density at radius 3 is 0.934 bits per heavy atom. The maximum atomic E-state index is 5.20. The molecular weight excluding hydrogens is 927 g/mol. The van der Waals surface area contributed by atoms with Crippen molar-refractivity contribution in [2.24, 2.45) is 0 Å². The molecule has 0 saturated heterocycles. The van der Waals surface area contributed by atoms with Crippen LogP contribution < -0.4 is 0 Å². The summed E-state index contributed by atoms with van der Waals surface area (Å²) in [6, 6.07) is 82.9. The van der Waals surface area contributed by atoms with Gasteiger partial charge in [0, 0.05) is 63.0 Å². The van der Waals surface area contributed by atoms with Crippen molar-refractivity contribution in [3.05, 3.63) is 261 Å². The Bertz CT molecular complexity index is 4250. The van der Waals surface area contributed by atoms with Crippen LogP contribution in [-0.2, 0) is 0 Å². The number of fused-ring (bicyclic) bond motifs is 6. The Balaban J connectivity index is 0.765. The number of benzene rings is 9. The van der Waals surface area contributed by atoms with Gasteiger partial charge in [-0.05, 0) is 127 Å². The molecule has 14 aromatic rings. The second kappa shape index (κ2) is 18.9. The number of aromatic nitrogens is 7. The average Bonchev–Trinajstić information content (AvgIpc) is 3.51. The Morgan fingerprint density at radius 1 is 0.197 bits per heavy atom. The lowest BCUT2D eigenvalue weighted by molar-refractivity contribution is 1.07. The van der Waals surface area contributed by atoms with Crippen LogP contribution in [0.3, 0.4) is 0 Å². The van der Waals surface area contributed by atoms with E-state index in [0.717, 1.165) is 127 Å². The van der Waals surface area contributed by atoms with Crippen LogP contribution in [0.4, 0.5) is 0 Å². The zero-order chi connectivity index (χ0) is 50.4. The molecule has 76 heavy (non-hydrogen) atoms. The maximum Gasteiger partial charge on any atom is 0.164 e. The van der Waals surface area contributed by atoms with Gasteiger partial charge in [0.1, 0.15) is 0 Å². The van der Waals surface area contributed by atoms with Crippen LogP contribution in [-0.4, -0.2) is 34.9 Å². The number of pyridine rings is 4. The predicted molar refractivity (Wildman–Crippen MR) is 310 cm³/mol. The van der Waals surface area contributed by atoms with Crippen molar-refractivity contribution in [2.45, 2.75) is 0 Å². The maximum absolute atomic E-state index is 5.20. The van der Waals surface area contributed by atoms with Gasteiger partial charge in [-0.2, -0.15) is 0 Å². The smallest absolute Gasteiger partial charge is 0.164 e. The summed E-state index contributed by atoms with van der Waals surface area (Å²) in [6.07, 6.45) is 7.33. The van der Waals surface area contributed by atoms with E-state index in [4.69, 9.17) is 24.9 Å². The lowest BCUT2D eigenvalue weighted by atomic mass is 9.94. The second-order valence-corrected chi connectivity index (χ2v) is 18.9. The van der Waals surface area contributed by atoms with Gasteiger partial charge in [-0.1, -0.05) is 176 Å². The van der Waals surface area contributed by atoms with Crippen LogP contribution in [0.15, 0.2) is 261 Å². The number of rotatable bonds is 9. The number of nitrogens with zero attached hydrogens (tertiary/aromatic N) is 7. The fourth-order valence-electron chi connectivity index (χ4n) is 10.5. The second-order valence-electron chi connectivity index (χ2n) is 18.9. The molecule has 0 fully saturated rings. The molecule has 5 aromatic heterocycles. The molecule has 0 aliphatic heterocycles. The molecule has 354 valence electrons. The first kappa shape index (κ1) is 44.3. The van der Waals surface area contributed by atoms with E-state index in [1.54, 1.807) is 0 Å². The first-order chi connectivity index (χ1) is 37.6. The van der Waals surface area contributed by atoms with Gasteiger partial charge in [0.05, 0.1) is 22.1 Å². The fourth-order valence-corrected chi connectivity index (χ4v) is 10.5. The lowest BCUT2D eigenvalue weighted by Gasteiger charge is -2.12. The van der Waals surface area contributed by atoms with Crippen molar-refractivity contribution in [1.82, 2.24) is 34.9 Å². The monoisotopic (exact) mass is 969 g/mol. The van der Waals surface area contributed by atoms with Crippen LogP contribution in [0.2, 0.25) is 0 Å². The summed E-state index contributed by atoms with van der Waals surface area (Å²) < 4.78 is 0. The van der Waals surface area contributed by atoms with Crippen LogP contribution in [0.5, 0.6) is 0 Å². The summed E-state index contributed by atoms with van der Waals surface area (Å²) >= 11 is 0. The third kappa shape index (κ3) is 8.28. The highest BCUT2D eigenvalue weighted by Crippen LogP contribution is 2.38. The number of hydrogen-bond donors (Lipinski definition) is 0. The van der Waals surface area contributed by atoms with Crippen molar-refractivity contribution in [3.8, 4) is 101 Å². The van der Waals surface area contributed by atoms with Crippen molar-refractivity contribution in [2.75, 3.05) is 0 Å².